The molecular weight excluding hydrogens is 522 g/mol. The quantitative estimate of drug-likeness (QED) is 0.0753. The highest BCUT2D eigenvalue weighted by Crippen LogP contribution is 1.86. The van der Waals surface area contributed by atoms with E-state index in [1.54, 1.807) is 0 Å². The van der Waals surface area contributed by atoms with E-state index in [0.29, 0.717) is 125 Å². The van der Waals surface area contributed by atoms with E-state index in [1.807, 2.05) is 0 Å². The van der Waals surface area contributed by atoms with E-state index in [1.165, 1.54) is 0 Å². The molecule has 14 heteroatoms. The van der Waals surface area contributed by atoms with Crippen molar-refractivity contribution in [1.29, 1.82) is 0 Å². The fraction of sp³-hybridized carbons (Fsp3) is 0.840. The van der Waals surface area contributed by atoms with Crippen molar-refractivity contribution >= 4 is 11.9 Å². The molecular formula is C25H45NO13. The third kappa shape index (κ3) is 34.1. The van der Waals surface area contributed by atoms with Crippen molar-refractivity contribution < 1.29 is 62.1 Å². The Morgan fingerprint density at radius 1 is 0.513 bits per heavy atom. The lowest BCUT2D eigenvalue weighted by atomic mass is 10.6. The van der Waals surface area contributed by atoms with Gasteiger partial charge in [-0.05, 0) is 0 Å². The van der Waals surface area contributed by atoms with Crippen molar-refractivity contribution in [2.75, 3.05) is 139 Å². The van der Waals surface area contributed by atoms with Crippen LogP contribution < -0.4 is 5.32 Å². The minimum atomic E-state index is -1.12. The Kier molecular flexibility index (Phi) is 30.7. The topological polar surface area (TPSA) is 159 Å². The highest BCUT2D eigenvalue weighted by Gasteiger charge is 2.03. The molecule has 0 bridgehead atoms. The summed E-state index contributed by atoms with van der Waals surface area (Å²) in [6.45, 7) is 7.60. The second kappa shape index (κ2) is 32.3. The fourth-order valence-corrected chi connectivity index (χ4v) is 2.44. The van der Waals surface area contributed by atoms with Crippen LogP contribution in [0.2, 0.25) is 0 Å². The van der Waals surface area contributed by atoms with E-state index >= 15 is 0 Å². The van der Waals surface area contributed by atoms with Crippen LogP contribution in [0.5, 0.6) is 0 Å². The highest BCUT2D eigenvalue weighted by atomic mass is 16.6. The molecule has 0 heterocycles. The number of carbonyl (C=O) groups excluding carboxylic acids is 1. The summed E-state index contributed by atoms with van der Waals surface area (Å²) in [5.41, 5.74) is 0. The Morgan fingerprint density at radius 3 is 1.18 bits per heavy atom. The van der Waals surface area contributed by atoms with E-state index in [2.05, 4.69) is 16.0 Å². The van der Waals surface area contributed by atoms with Crippen LogP contribution in [0, 0.1) is 12.3 Å². The van der Waals surface area contributed by atoms with Gasteiger partial charge in [0.2, 0.25) is 5.91 Å². The van der Waals surface area contributed by atoms with Gasteiger partial charge in [0.15, 0.2) is 0 Å². The first-order valence-corrected chi connectivity index (χ1v) is 12.9. The number of carboxylic acids is 1. The monoisotopic (exact) mass is 567 g/mol. The number of nitrogens with one attached hydrogen (secondary N) is 1. The van der Waals surface area contributed by atoms with Crippen molar-refractivity contribution in [3.8, 4) is 12.3 Å². The average molecular weight is 568 g/mol. The van der Waals surface area contributed by atoms with Crippen LogP contribution in [0.4, 0.5) is 0 Å². The molecule has 1 amide bonds. The normalized spacial score (nSPS) is 10.9. The molecule has 0 aliphatic carbocycles. The summed E-state index contributed by atoms with van der Waals surface area (Å²) in [4.78, 5) is 21.6. The van der Waals surface area contributed by atoms with Crippen LogP contribution in [0.15, 0.2) is 0 Å². The number of carboxylic acid groups (broad SMARTS) is 1. The molecule has 0 unspecified atom stereocenters. The van der Waals surface area contributed by atoms with Crippen molar-refractivity contribution in [2.24, 2.45) is 0 Å². The molecule has 39 heavy (non-hydrogen) atoms. The summed E-state index contributed by atoms with van der Waals surface area (Å²) in [5, 5.41) is 10.9. The molecule has 228 valence electrons. The zero-order valence-electron chi connectivity index (χ0n) is 22.8. The number of hydrogen-bond donors (Lipinski definition) is 2. The smallest absolute Gasteiger partial charge is 0.329 e. The molecule has 0 saturated carbocycles. The molecule has 0 radical (unpaired) electrons. The molecule has 0 aromatic heterocycles. The summed E-state index contributed by atoms with van der Waals surface area (Å²) in [5.74, 6) is 0.866. The lowest BCUT2D eigenvalue weighted by Crippen LogP contribution is -2.31. The van der Waals surface area contributed by atoms with Crippen molar-refractivity contribution in [3.05, 3.63) is 0 Å². The second-order valence-corrected chi connectivity index (χ2v) is 7.39. The van der Waals surface area contributed by atoms with Gasteiger partial charge in [0.25, 0.3) is 0 Å². The zero-order valence-corrected chi connectivity index (χ0v) is 22.8. The molecule has 0 saturated heterocycles. The summed E-state index contributed by atoms with van der Waals surface area (Å²) in [7, 11) is 0. The van der Waals surface area contributed by atoms with Crippen LogP contribution >= 0.6 is 0 Å². The molecule has 0 atom stereocenters. The molecule has 0 rings (SSSR count). The SMILES string of the molecule is C#CCOCCOCCOCCOCCOCCOCCOCCOCCOCCNC(=O)COCC(=O)O. The first-order valence-electron chi connectivity index (χ1n) is 12.9. The largest absolute Gasteiger partial charge is 0.480 e. The van der Waals surface area contributed by atoms with Gasteiger partial charge in [-0.25, -0.2) is 4.79 Å². The summed E-state index contributed by atoms with van der Waals surface area (Å²) < 4.78 is 52.8. The number of carbonyl (C=O) groups is 2. The van der Waals surface area contributed by atoms with Gasteiger partial charge in [0, 0.05) is 6.54 Å². The standard InChI is InChI=1S/C25H45NO13/c1-2-4-30-6-8-32-10-12-34-14-16-36-18-20-38-21-19-37-17-15-35-13-11-33-9-7-31-5-3-26-24(27)22-39-23-25(28)29/h1H,3-23H2,(H,26,27)(H,28,29). The summed E-state index contributed by atoms with van der Waals surface area (Å²) >= 11 is 0. The maximum atomic E-state index is 11.3. The summed E-state index contributed by atoms with van der Waals surface area (Å²) in [6, 6.07) is 0. The Bertz CT molecular complexity index is 589. The maximum Gasteiger partial charge on any atom is 0.329 e. The van der Waals surface area contributed by atoms with Crippen molar-refractivity contribution in [3.63, 3.8) is 0 Å². The lowest BCUT2D eigenvalue weighted by Gasteiger charge is -2.09. The van der Waals surface area contributed by atoms with Crippen LogP contribution in [-0.4, -0.2) is 156 Å². The molecule has 0 aliphatic rings. The molecule has 2 N–H and O–H groups in total. The van der Waals surface area contributed by atoms with Gasteiger partial charge < -0.3 is 57.8 Å². The number of rotatable bonds is 32. The number of hydrogen-bond acceptors (Lipinski definition) is 12. The Hall–Kier alpha value is -1.90. The molecule has 0 spiro atoms. The molecule has 14 nitrogen and oxygen atoms in total. The lowest BCUT2D eigenvalue weighted by molar-refractivity contribution is -0.143. The molecule has 0 aliphatic heterocycles. The van der Waals surface area contributed by atoms with Gasteiger partial charge in [-0.1, -0.05) is 5.92 Å². The average Bonchev–Trinajstić information content (AvgIpc) is 2.92. The summed E-state index contributed by atoms with van der Waals surface area (Å²) in [6.07, 6.45) is 5.06. The van der Waals surface area contributed by atoms with Crippen LogP contribution in [0.1, 0.15) is 0 Å². The number of ether oxygens (including phenoxy) is 10. The minimum absolute atomic E-state index is 0.298. The number of terminal acetylenes is 1. The minimum Gasteiger partial charge on any atom is -0.480 e. The van der Waals surface area contributed by atoms with E-state index in [9.17, 15) is 9.59 Å². The number of aliphatic carboxylic acids is 1. The van der Waals surface area contributed by atoms with Crippen LogP contribution in [0.3, 0.4) is 0 Å². The van der Waals surface area contributed by atoms with Crippen molar-refractivity contribution in [2.45, 2.75) is 0 Å². The van der Waals surface area contributed by atoms with E-state index in [-0.39, 0.29) is 6.61 Å². The van der Waals surface area contributed by atoms with Gasteiger partial charge in [0.1, 0.15) is 19.8 Å². The highest BCUT2D eigenvalue weighted by molar-refractivity contribution is 5.77. The van der Waals surface area contributed by atoms with Gasteiger partial charge in [-0.3, -0.25) is 4.79 Å². The second-order valence-electron chi connectivity index (χ2n) is 7.39. The van der Waals surface area contributed by atoms with Crippen LogP contribution in [-0.2, 0) is 57.0 Å². The van der Waals surface area contributed by atoms with Gasteiger partial charge in [-0.2, -0.15) is 0 Å². The maximum absolute atomic E-state index is 11.3. The zero-order chi connectivity index (χ0) is 28.5. The number of amides is 1. The molecule has 0 aromatic rings. The first-order chi connectivity index (χ1) is 19.2. The van der Waals surface area contributed by atoms with Gasteiger partial charge in [-0.15, -0.1) is 6.42 Å². The van der Waals surface area contributed by atoms with E-state index < -0.39 is 18.5 Å². The van der Waals surface area contributed by atoms with Gasteiger partial charge >= 0.3 is 5.97 Å². The Labute approximate surface area is 230 Å². The fourth-order valence-electron chi connectivity index (χ4n) is 2.44. The Balaban J connectivity index is 3.09. The predicted molar refractivity (Wildman–Crippen MR) is 138 cm³/mol. The van der Waals surface area contributed by atoms with Crippen LogP contribution in [0.25, 0.3) is 0 Å². The van der Waals surface area contributed by atoms with E-state index in [4.69, 9.17) is 54.2 Å². The molecule has 0 fully saturated rings. The van der Waals surface area contributed by atoms with Crippen molar-refractivity contribution in [1.82, 2.24) is 5.32 Å². The third-order valence-electron chi connectivity index (χ3n) is 4.19. The van der Waals surface area contributed by atoms with Gasteiger partial charge in [0.05, 0.1) is 112 Å². The molecule has 0 aromatic carbocycles. The Morgan fingerprint density at radius 2 is 0.846 bits per heavy atom. The first kappa shape index (κ1) is 37.1. The third-order valence-corrected chi connectivity index (χ3v) is 4.19. The predicted octanol–water partition coefficient (Wildman–Crippen LogP) is -1.01. The van der Waals surface area contributed by atoms with E-state index in [0.717, 1.165) is 0 Å².